The fourth-order valence-corrected chi connectivity index (χ4v) is 3.98. The summed E-state index contributed by atoms with van der Waals surface area (Å²) in [5.41, 5.74) is 1.72. The van der Waals surface area contributed by atoms with Gasteiger partial charge in [0.25, 0.3) is 0 Å². The fraction of sp³-hybridized carbons (Fsp3) is 0.615. The van der Waals surface area contributed by atoms with Crippen LogP contribution in [0, 0.1) is 13.8 Å². The number of rotatable bonds is 4. The highest BCUT2D eigenvalue weighted by Gasteiger charge is 2.32. The third-order valence-corrected chi connectivity index (χ3v) is 4.99. The van der Waals surface area contributed by atoms with Gasteiger partial charge in [0.15, 0.2) is 0 Å². The summed E-state index contributed by atoms with van der Waals surface area (Å²) in [7, 11) is -3.67. The quantitative estimate of drug-likeness (QED) is 0.875. The fourth-order valence-electron chi connectivity index (χ4n) is 2.56. The third-order valence-electron chi connectivity index (χ3n) is 3.42. The Morgan fingerprint density at radius 1 is 1.40 bits per heavy atom. The molecule has 2 heterocycles. The van der Waals surface area contributed by atoms with Gasteiger partial charge in [-0.25, -0.2) is 4.98 Å². The summed E-state index contributed by atoms with van der Waals surface area (Å²) in [5.74, 6) is 0.324. The summed E-state index contributed by atoms with van der Waals surface area (Å²) < 4.78 is 28.7. The van der Waals surface area contributed by atoms with Gasteiger partial charge in [-0.05, 0) is 44.4 Å². The van der Waals surface area contributed by atoms with E-state index in [1.54, 1.807) is 6.07 Å². The van der Waals surface area contributed by atoms with Crippen molar-refractivity contribution in [3.8, 4) is 0 Å². The Bertz CT molecular complexity index is 554. The van der Waals surface area contributed by atoms with Gasteiger partial charge < -0.3 is 5.11 Å². The zero-order valence-corrected chi connectivity index (χ0v) is 12.7. The zero-order valence-electron chi connectivity index (χ0n) is 11.8. The second kappa shape index (κ2) is 6.07. The van der Waals surface area contributed by atoms with Gasteiger partial charge in [0.1, 0.15) is 5.82 Å². The molecular weight excluding hydrogens is 278 g/mol. The van der Waals surface area contributed by atoms with E-state index in [0.717, 1.165) is 24.1 Å². The monoisotopic (exact) mass is 299 g/mol. The number of aliphatic hydroxyl groups is 1. The van der Waals surface area contributed by atoms with Gasteiger partial charge in [0.05, 0.1) is 6.61 Å². The lowest BCUT2D eigenvalue weighted by Gasteiger charge is -2.33. The van der Waals surface area contributed by atoms with E-state index in [0.29, 0.717) is 18.8 Å². The Labute approximate surface area is 120 Å². The molecule has 1 fully saturated rings. The molecule has 6 nitrogen and oxygen atoms in total. The van der Waals surface area contributed by atoms with Crippen molar-refractivity contribution in [2.75, 3.05) is 17.9 Å². The van der Waals surface area contributed by atoms with Crippen molar-refractivity contribution >= 4 is 16.0 Å². The summed E-state index contributed by atoms with van der Waals surface area (Å²) in [6.07, 6.45) is 2.45. The van der Waals surface area contributed by atoms with Crippen molar-refractivity contribution in [2.45, 2.75) is 39.2 Å². The molecule has 0 bridgehead atoms. The molecule has 1 aliphatic heterocycles. The van der Waals surface area contributed by atoms with Gasteiger partial charge in [-0.2, -0.15) is 12.7 Å². The largest absolute Gasteiger partial charge is 0.395 e. The van der Waals surface area contributed by atoms with E-state index in [1.807, 2.05) is 19.9 Å². The molecule has 0 aromatic carbocycles. The van der Waals surface area contributed by atoms with Crippen LogP contribution in [0.25, 0.3) is 0 Å². The maximum absolute atomic E-state index is 12.4. The molecule has 20 heavy (non-hydrogen) atoms. The molecule has 2 rings (SSSR count). The van der Waals surface area contributed by atoms with Crippen molar-refractivity contribution in [3.63, 3.8) is 0 Å². The number of pyridine rings is 1. The van der Waals surface area contributed by atoms with Crippen molar-refractivity contribution < 1.29 is 13.5 Å². The maximum Gasteiger partial charge on any atom is 0.303 e. The number of hydrogen-bond acceptors (Lipinski definition) is 4. The Hall–Kier alpha value is -1.18. The molecule has 1 aliphatic rings. The number of nitrogens with one attached hydrogen (secondary N) is 1. The van der Waals surface area contributed by atoms with Crippen LogP contribution in [-0.2, 0) is 10.2 Å². The Morgan fingerprint density at radius 2 is 2.15 bits per heavy atom. The third kappa shape index (κ3) is 3.47. The zero-order chi connectivity index (χ0) is 14.8. The van der Waals surface area contributed by atoms with Crippen LogP contribution in [0.5, 0.6) is 0 Å². The highest BCUT2D eigenvalue weighted by molar-refractivity contribution is 7.90. The van der Waals surface area contributed by atoms with Crippen LogP contribution in [0.15, 0.2) is 12.1 Å². The first kappa shape index (κ1) is 15.2. The van der Waals surface area contributed by atoms with Gasteiger partial charge in [-0.15, -0.1) is 0 Å². The molecule has 0 amide bonds. The van der Waals surface area contributed by atoms with Crippen molar-refractivity contribution in [1.82, 2.24) is 9.29 Å². The highest BCUT2D eigenvalue weighted by atomic mass is 32.2. The SMILES string of the molecule is Cc1cc(C)nc(NS(=O)(=O)N2CCCCC2CO)c1. The van der Waals surface area contributed by atoms with Gasteiger partial charge in [-0.1, -0.05) is 6.42 Å². The first-order valence-corrected chi connectivity index (χ1v) is 8.22. The van der Waals surface area contributed by atoms with E-state index >= 15 is 0 Å². The molecule has 112 valence electrons. The Morgan fingerprint density at radius 3 is 2.80 bits per heavy atom. The van der Waals surface area contributed by atoms with Crippen molar-refractivity contribution in [1.29, 1.82) is 0 Å². The first-order valence-electron chi connectivity index (χ1n) is 6.78. The van der Waals surface area contributed by atoms with E-state index in [1.165, 1.54) is 4.31 Å². The minimum atomic E-state index is -3.67. The molecule has 1 aromatic rings. The molecule has 0 saturated carbocycles. The number of nitrogens with zero attached hydrogens (tertiary/aromatic N) is 2. The number of aromatic nitrogens is 1. The van der Waals surface area contributed by atoms with E-state index in [9.17, 15) is 13.5 Å². The van der Waals surface area contributed by atoms with Crippen LogP contribution in [0.2, 0.25) is 0 Å². The summed E-state index contributed by atoms with van der Waals surface area (Å²) >= 11 is 0. The lowest BCUT2D eigenvalue weighted by molar-refractivity contribution is 0.156. The van der Waals surface area contributed by atoms with Crippen molar-refractivity contribution in [2.24, 2.45) is 0 Å². The molecule has 0 spiro atoms. The van der Waals surface area contributed by atoms with Crippen LogP contribution >= 0.6 is 0 Å². The Balaban J connectivity index is 2.21. The predicted molar refractivity (Wildman–Crippen MR) is 77.7 cm³/mol. The van der Waals surface area contributed by atoms with E-state index in [2.05, 4.69) is 9.71 Å². The standard InChI is InChI=1S/C13H21N3O3S/c1-10-7-11(2)14-13(8-10)15-20(18,19)16-6-4-3-5-12(16)9-17/h7-8,12,17H,3-6,9H2,1-2H3,(H,14,15). The smallest absolute Gasteiger partial charge is 0.303 e. The van der Waals surface area contributed by atoms with Gasteiger partial charge in [-0.3, -0.25) is 4.72 Å². The number of aliphatic hydroxyl groups excluding tert-OH is 1. The maximum atomic E-state index is 12.4. The van der Waals surface area contributed by atoms with Crippen molar-refractivity contribution in [3.05, 3.63) is 23.4 Å². The average Bonchev–Trinajstić information content (AvgIpc) is 2.36. The second-order valence-electron chi connectivity index (χ2n) is 5.22. The molecule has 1 unspecified atom stereocenters. The number of piperidine rings is 1. The van der Waals surface area contributed by atoms with Crippen LogP contribution < -0.4 is 4.72 Å². The number of anilines is 1. The van der Waals surface area contributed by atoms with Crippen LogP contribution in [0.3, 0.4) is 0 Å². The summed E-state index contributed by atoms with van der Waals surface area (Å²) in [6.45, 7) is 4.00. The number of aryl methyl sites for hydroxylation is 2. The predicted octanol–water partition coefficient (Wildman–Crippen LogP) is 1.20. The molecular formula is C13H21N3O3S. The summed E-state index contributed by atoms with van der Waals surface area (Å²) in [6, 6.07) is 3.24. The molecule has 0 aliphatic carbocycles. The normalized spacial score (nSPS) is 20.9. The topological polar surface area (TPSA) is 82.5 Å². The number of hydrogen-bond donors (Lipinski definition) is 2. The summed E-state index contributed by atoms with van der Waals surface area (Å²) in [5, 5.41) is 9.33. The van der Waals surface area contributed by atoms with Crippen LogP contribution in [0.4, 0.5) is 5.82 Å². The summed E-state index contributed by atoms with van der Waals surface area (Å²) in [4.78, 5) is 4.19. The minimum Gasteiger partial charge on any atom is -0.395 e. The lowest BCUT2D eigenvalue weighted by Crippen LogP contribution is -2.48. The van der Waals surface area contributed by atoms with Crippen LogP contribution in [0.1, 0.15) is 30.5 Å². The second-order valence-corrected chi connectivity index (χ2v) is 6.84. The molecule has 7 heteroatoms. The highest BCUT2D eigenvalue weighted by Crippen LogP contribution is 2.21. The molecule has 0 radical (unpaired) electrons. The van der Waals surface area contributed by atoms with Gasteiger partial charge >= 0.3 is 10.2 Å². The lowest BCUT2D eigenvalue weighted by atomic mass is 10.1. The molecule has 2 N–H and O–H groups in total. The molecule has 1 aromatic heterocycles. The molecule has 1 saturated heterocycles. The Kier molecular flexibility index (Phi) is 4.62. The molecule has 1 atom stereocenters. The average molecular weight is 299 g/mol. The first-order chi connectivity index (χ1) is 9.42. The van der Waals surface area contributed by atoms with E-state index in [4.69, 9.17) is 0 Å². The van der Waals surface area contributed by atoms with Gasteiger partial charge in [0.2, 0.25) is 0 Å². The van der Waals surface area contributed by atoms with Crippen LogP contribution in [-0.4, -0.2) is 42.0 Å². The van der Waals surface area contributed by atoms with Gasteiger partial charge in [0, 0.05) is 18.3 Å². The minimum absolute atomic E-state index is 0.152. The van der Waals surface area contributed by atoms with E-state index in [-0.39, 0.29) is 12.6 Å². The van der Waals surface area contributed by atoms with E-state index < -0.39 is 10.2 Å².